The number of rotatable bonds is 4. The Labute approximate surface area is 96.3 Å². The van der Waals surface area contributed by atoms with Crippen LogP contribution in [0.2, 0.25) is 0 Å². The molecule has 0 saturated carbocycles. The van der Waals surface area contributed by atoms with Crippen molar-refractivity contribution in [3.8, 4) is 0 Å². The molecule has 0 unspecified atom stereocenters. The maximum atomic E-state index is 11.2. The third-order valence-electron chi connectivity index (χ3n) is 1.88. The molecule has 1 aromatic rings. The van der Waals surface area contributed by atoms with Crippen molar-refractivity contribution in [1.82, 2.24) is 0 Å². The molecule has 4 heteroatoms. The summed E-state index contributed by atoms with van der Waals surface area (Å²) in [5, 5.41) is 0. The van der Waals surface area contributed by atoms with Gasteiger partial charge in [-0.3, -0.25) is 0 Å². The Hall–Kier alpha value is -0.740. The monoisotopic (exact) mass is 242 g/mol. The fourth-order valence-electron chi connectivity index (χ4n) is 1.29. The molecule has 0 heterocycles. The van der Waals surface area contributed by atoms with Gasteiger partial charge in [0.2, 0.25) is 0 Å². The highest BCUT2D eigenvalue weighted by Gasteiger charge is 2.06. The second-order valence-electron chi connectivity index (χ2n) is 3.35. The Morgan fingerprint density at radius 2 is 2.00 bits per heavy atom. The van der Waals surface area contributed by atoms with E-state index in [9.17, 15) is 8.42 Å². The minimum absolute atomic E-state index is 0.0834. The maximum Gasteiger partial charge on any atom is 0.151 e. The minimum atomic E-state index is -2.98. The van der Waals surface area contributed by atoms with E-state index < -0.39 is 9.84 Å². The Kier molecular flexibility index (Phi) is 4.42. The van der Waals surface area contributed by atoms with Crippen LogP contribution in [0, 0.1) is 0 Å². The van der Waals surface area contributed by atoms with Crippen LogP contribution in [0.4, 0.5) is 0 Å². The van der Waals surface area contributed by atoms with Crippen molar-refractivity contribution >= 4 is 28.5 Å². The highest BCUT2D eigenvalue weighted by molar-refractivity contribution is 7.89. The molecule has 2 nitrogen and oxygen atoms in total. The van der Waals surface area contributed by atoms with Crippen molar-refractivity contribution in [2.24, 2.45) is 0 Å². The summed E-state index contributed by atoms with van der Waals surface area (Å²) in [5.41, 5.74) is 1.77. The normalized spacial score (nSPS) is 12.1. The fourth-order valence-corrected chi connectivity index (χ4v) is 2.22. The summed E-state index contributed by atoms with van der Waals surface area (Å²) >= 11 is 4.07. The van der Waals surface area contributed by atoms with Crippen molar-refractivity contribution in [2.45, 2.75) is 5.75 Å². The van der Waals surface area contributed by atoms with Gasteiger partial charge in [-0.05, 0) is 11.1 Å². The van der Waals surface area contributed by atoms with Crippen LogP contribution in [-0.2, 0) is 15.6 Å². The molecule has 0 bridgehead atoms. The molecule has 0 aliphatic heterocycles. The van der Waals surface area contributed by atoms with Gasteiger partial charge in [-0.1, -0.05) is 36.4 Å². The summed E-state index contributed by atoms with van der Waals surface area (Å²) in [6, 6.07) is 7.47. The zero-order valence-electron chi connectivity index (χ0n) is 8.55. The topological polar surface area (TPSA) is 34.1 Å². The number of sulfone groups is 1. The van der Waals surface area contributed by atoms with E-state index in [1.54, 1.807) is 0 Å². The smallest absolute Gasteiger partial charge is 0.151 e. The molecule has 0 radical (unpaired) electrons. The molecule has 1 aromatic carbocycles. The number of hydrogen-bond donors (Lipinski definition) is 1. The molecule has 15 heavy (non-hydrogen) atoms. The Morgan fingerprint density at radius 3 is 2.60 bits per heavy atom. The van der Waals surface area contributed by atoms with Crippen molar-refractivity contribution in [3.05, 3.63) is 41.5 Å². The average molecular weight is 242 g/mol. The summed E-state index contributed by atoms with van der Waals surface area (Å²) in [6.07, 6.45) is 5.03. The average Bonchev–Trinajstić information content (AvgIpc) is 2.14. The fraction of sp³-hybridized carbons (Fsp3) is 0.273. The number of thiol groups is 1. The Balaban J connectivity index is 3.01. The van der Waals surface area contributed by atoms with E-state index in [0.29, 0.717) is 5.75 Å². The van der Waals surface area contributed by atoms with Gasteiger partial charge in [-0.25, -0.2) is 8.42 Å². The summed E-state index contributed by atoms with van der Waals surface area (Å²) in [4.78, 5) is 0. The SMILES string of the molecule is CS(=O)(=O)Cc1ccccc1C=CCS. The van der Waals surface area contributed by atoms with Gasteiger partial charge in [0.25, 0.3) is 0 Å². The lowest BCUT2D eigenvalue weighted by molar-refractivity contribution is 0.601. The molecular weight excluding hydrogens is 228 g/mol. The lowest BCUT2D eigenvalue weighted by atomic mass is 10.1. The molecule has 1 rings (SSSR count). The van der Waals surface area contributed by atoms with Crippen LogP contribution in [-0.4, -0.2) is 20.4 Å². The van der Waals surface area contributed by atoms with Gasteiger partial charge in [-0.2, -0.15) is 12.6 Å². The molecule has 0 N–H and O–H groups in total. The third-order valence-corrected chi connectivity index (χ3v) is 2.92. The van der Waals surface area contributed by atoms with Crippen molar-refractivity contribution < 1.29 is 8.42 Å². The Bertz CT molecular complexity index is 447. The molecule has 0 saturated heterocycles. The molecule has 0 fully saturated rings. The summed E-state index contributed by atoms with van der Waals surface area (Å²) in [7, 11) is -2.98. The van der Waals surface area contributed by atoms with Crippen molar-refractivity contribution in [2.75, 3.05) is 12.0 Å². The lowest BCUT2D eigenvalue weighted by Crippen LogP contribution is -2.02. The predicted octanol–water partition coefficient (Wildman–Crippen LogP) is 2.17. The first-order chi connectivity index (χ1) is 7.03. The van der Waals surface area contributed by atoms with Crippen LogP contribution in [0.15, 0.2) is 30.3 Å². The first kappa shape index (κ1) is 12.3. The van der Waals surface area contributed by atoms with Crippen molar-refractivity contribution in [3.63, 3.8) is 0 Å². The second kappa shape index (κ2) is 5.37. The summed E-state index contributed by atoms with van der Waals surface area (Å²) in [5.74, 6) is 0.729. The zero-order chi connectivity index (χ0) is 11.3. The van der Waals surface area contributed by atoms with E-state index in [2.05, 4.69) is 12.6 Å². The van der Waals surface area contributed by atoms with Gasteiger partial charge >= 0.3 is 0 Å². The van der Waals surface area contributed by atoms with Crippen LogP contribution in [0.25, 0.3) is 6.08 Å². The van der Waals surface area contributed by atoms with E-state index in [1.807, 2.05) is 36.4 Å². The first-order valence-corrected chi connectivity index (χ1v) is 7.25. The minimum Gasteiger partial charge on any atom is -0.229 e. The molecule has 0 amide bonds. The zero-order valence-corrected chi connectivity index (χ0v) is 10.3. The van der Waals surface area contributed by atoms with E-state index in [1.165, 1.54) is 6.26 Å². The van der Waals surface area contributed by atoms with E-state index in [0.717, 1.165) is 11.1 Å². The summed E-state index contributed by atoms with van der Waals surface area (Å²) in [6.45, 7) is 0. The maximum absolute atomic E-state index is 11.2. The van der Waals surface area contributed by atoms with Crippen molar-refractivity contribution in [1.29, 1.82) is 0 Å². The molecule has 82 valence electrons. The highest BCUT2D eigenvalue weighted by Crippen LogP contribution is 2.13. The van der Waals surface area contributed by atoms with Gasteiger partial charge in [0, 0.05) is 12.0 Å². The van der Waals surface area contributed by atoms with Crippen LogP contribution in [0.5, 0.6) is 0 Å². The molecule has 0 aliphatic carbocycles. The van der Waals surface area contributed by atoms with Gasteiger partial charge in [-0.15, -0.1) is 0 Å². The van der Waals surface area contributed by atoms with Crippen LogP contribution >= 0.6 is 12.6 Å². The van der Waals surface area contributed by atoms with Gasteiger partial charge in [0.05, 0.1) is 5.75 Å². The standard InChI is InChI=1S/C11H14O2S2/c1-15(12,13)9-11-6-3-2-5-10(11)7-4-8-14/h2-7,14H,8-9H2,1H3. The molecule has 0 atom stereocenters. The molecule has 0 aliphatic rings. The summed E-state index contributed by atoms with van der Waals surface area (Å²) < 4.78 is 22.4. The third kappa shape index (κ3) is 4.53. The largest absolute Gasteiger partial charge is 0.229 e. The van der Waals surface area contributed by atoms with Crippen LogP contribution < -0.4 is 0 Å². The first-order valence-electron chi connectivity index (χ1n) is 4.56. The van der Waals surface area contributed by atoms with E-state index >= 15 is 0 Å². The number of hydrogen-bond acceptors (Lipinski definition) is 3. The quantitative estimate of drug-likeness (QED) is 0.821. The van der Waals surface area contributed by atoms with Gasteiger partial charge in [0.15, 0.2) is 9.84 Å². The van der Waals surface area contributed by atoms with Gasteiger partial charge < -0.3 is 0 Å². The molecular formula is C11H14O2S2. The highest BCUT2D eigenvalue weighted by atomic mass is 32.2. The van der Waals surface area contributed by atoms with E-state index in [4.69, 9.17) is 0 Å². The molecule has 0 spiro atoms. The predicted molar refractivity (Wildman–Crippen MR) is 67.9 cm³/mol. The second-order valence-corrected chi connectivity index (χ2v) is 5.86. The number of benzene rings is 1. The van der Waals surface area contributed by atoms with Gasteiger partial charge in [0.1, 0.15) is 0 Å². The van der Waals surface area contributed by atoms with E-state index in [-0.39, 0.29) is 5.75 Å². The Morgan fingerprint density at radius 1 is 1.33 bits per heavy atom. The van der Waals surface area contributed by atoms with Crippen LogP contribution in [0.1, 0.15) is 11.1 Å². The van der Waals surface area contributed by atoms with Crippen LogP contribution in [0.3, 0.4) is 0 Å². The lowest BCUT2D eigenvalue weighted by Gasteiger charge is -2.03. The molecule has 0 aromatic heterocycles.